The lowest BCUT2D eigenvalue weighted by Gasteiger charge is -2.07. The van der Waals surface area contributed by atoms with Crippen LogP contribution in [0.25, 0.3) is 33.4 Å². The molecule has 0 saturated carbocycles. The Hall–Kier alpha value is -3.10. The van der Waals surface area contributed by atoms with Crippen molar-refractivity contribution >= 4 is 21.1 Å². The minimum atomic E-state index is -3.77. The van der Waals surface area contributed by atoms with E-state index >= 15 is 0 Å². The van der Waals surface area contributed by atoms with Gasteiger partial charge in [-0.05, 0) is 30.3 Å². The Morgan fingerprint density at radius 3 is 2.68 bits per heavy atom. The van der Waals surface area contributed by atoms with Crippen LogP contribution in [0.15, 0.2) is 66.0 Å². The van der Waals surface area contributed by atoms with E-state index in [4.69, 9.17) is 5.14 Å². The van der Waals surface area contributed by atoms with Crippen LogP contribution in [0.1, 0.15) is 0 Å². The van der Waals surface area contributed by atoms with Gasteiger partial charge in [0.05, 0.1) is 27.8 Å². The highest BCUT2D eigenvalue weighted by atomic mass is 32.2. The number of sulfonamides is 1. The van der Waals surface area contributed by atoms with Crippen LogP contribution in [-0.2, 0) is 10.0 Å². The van der Waals surface area contributed by atoms with Crippen LogP contribution >= 0.6 is 0 Å². The van der Waals surface area contributed by atoms with Crippen LogP contribution in [0, 0.1) is 0 Å². The van der Waals surface area contributed by atoms with Crippen molar-refractivity contribution in [1.29, 1.82) is 0 Å². The Morgan fingerprint density at radius 1 is 1.04 bits per heavy atom. The number of benzene rings is 1. The summed E-state index contributed by atoms with van der Waals surface area (Å²) in [6.45, 7) is 0. The fourth-order valence-corrected chi connectivity index (χ4v) is 3.21. The monoisotopic (exact) mass is 351 g/mol. The van der Waals surface area contributed by atoms with E-state index in [0.717, 1.165) is 16.6 Å². The predicted octanol–water partition coefficient (Wildman–Crippen LogP) is 2.33. The van der Waals surface area contributed by atoms with Crippen molar-refractivity contribution in [2.24, 2.45) is 5.14 Å². The molecule has 0 amide bonds. The minimum Gasteiger partial charge on any atom is -0.285 e. The smallest absolute Gasteiger partial charge is 0.238 e. The second-order valence-corrected chi connectivity index (χ2v) is 7.04. The number of H-pyrrole nitrogens is 1. The van der Waals surface area contributed by atoms with Crippen molar-refractivity contribution in [1.82, 2.24) is 20.2 Å². The summed E-state index contributed by atoms with van der Waals surface area (Å²) in [5.41, 5.74) is 4.54. The molecule has 124 valence electrons. The van der Waals surface area contributed by atoms with Crippen molar-refractivity contribution in [2.75, 3.05) is 0 Å². The van der Waals surface area contributed by atoms with E-state index in [2.05, 4.69) is 20.2 Å². The number of fused-ring (bicyclic) bond motifs is 1. The molecule has 7 nitrogen and oxygen atoms in total. The second-order valence-electron chi connectivity index (χ2n) is 5.48. The van der Waals surface area contributed by atoms with E-state index in [-0.39, 0.29) is 4.90 Å². The molecule has 8 heteroatoms. The summed E-state index contributed by atoms with van der Waals surface area (Å²) in [6.07, 6.45) is 5.21. The molecule has 0 saturated heterocycles. The molecular weight excluding hydrogens is 338 g/mol. The number of rotatable bonds is 3. The van der Waals surface area contributed by atoms with E-state index in [1.165, 1.54) is 12.1 Å². The van der Waals surface area contributed by atoms with E-state index in [1.807, 2.05) is 12.1 Å². The number of aromatic amines is 1. The fourth-order valence-electron chi connectivity index (χ4n) is 2.65. The van der Waals surface area contributed by atoms with Crippen LogP contribution in [0.5, 0.6) is 0 Å². The number of hydrogen-bond donors (Lipinski definition) is 2. The molecule has 0 atom stereocenters. The molecule has 0 aliphatic heterocycles. The second kappa shape index (κ2) is 5.76. The van der Waals surface area contributed by atoms with Gasteiger partial charge in [0.25, 0.3) is 0 Å². The molecule has 0 bridgehead atoms. The Kier molecular flexibility index (Phi) is 3.56. The summed E-state index contributed by atoms with van der Waals surface area (Å²) < 4.78 is 23.2. The maximum atomic E-state index is 11.6. The molecule has 0 aliphatic rings. The maximum absolute atomic E-state index is 11.6. The lowest BCUT2D eigenvalue weighted by Crippen LogP contribution is -2.11. The predicted molar refractivity (Wildman–Crippen MR) is 93.9 cm³/mol. The van der Waals surface area contributed by atoms with Crippen LogP contribution < -0.4 is 5.14 Å². The van der Waals surface area contributed by atoms with Gasteiger partial charge in [0.1, 0.15) is 0 Å². The molecule has 3 aromatic heterocycles. The Balaban J connectivity index is 1.91. The summed E-state index contributed by atoms with van der Waals surface area (Å²) in [6, 6.07) is 11.9. The third-order valence-electron chi connectivity index (χ3n) is 3.85. The number of hydrogen-bond acceptors (Lipinski definition) is 5. The summed E-state index contributed by atoms with van der Waals surface area (Å²) in [5.74, 6) is 0. The first kappa shape index (κ1) is 15.4. The highest BCUT2D eigenvalue weighted by Crippen LogP contribution is 2.28. The van der Waals surface area contributed by atoms with Crippen LogP contribution in [0.2, 0.25) is 0 Å². The third-order valence-corrected chi connectivity index (χ3v) is 4.76. The maximum Gasteiger partial charge on any atom is 0.238 e. The number of pyridine rings is 2. The lowest BCUT2D eigenvalue weighted by molar-refractivity contribution is 0.598. The zero-order chi connectivity index (χ0) is 17.4. The molecule has 0 aliphatic carbocycles. The van der Waals surface area contributed by atoms with Crippen molar-refractivity contribution in [3.63, 3.8) is 0 Å². The average Bonchev–Trinajstić information content (AvgIpc) is 3.14. The number of nitrogens with two attached hydrogens (primary N) is 1. The quantitative estimate of drug-likeness (QED) is 0.588. The Labute approximate surface area is 143 Å². The van der Waals surface area contributed by atoms with Gasteiger partial charge in [-0.3, -0.25) is 10.1 Å². The normalized spacial score (nSPS) is 11.7. The molecule has 25 heavy (non-hydrogen) atoms. The highest BCUT2D eigenvalue weighted by Gasteiger charge is 2.12. The molecule has 0 spiro atoms. The topological polar surface area (TPSA) is 115 Å². The largest absolute Gasteiger partial charge is 0.285 e. The molecular formula is C17H13N5O2S. The molecule has 0 radical (unpaired) electrons. The molecule has 3 heterocycles. The standard InChI is InChI=1S/C17H13N5O2S/c18-25(23,24)13-3-1-2-11(8-13)15-4-5-16-17(22-15)14(6-7-19-16)12-9-20-21-10-12/h1-10H,(H,20,21)(H2,18,23,24). The molecule has 0 fully saturated rings. The highest BCUT2D eigenvalue weighted by molar-refractivity contribution is 7.89. The van der Waals surface area contributed by atoms with Gasteiger partial charge in [-0.25, -0.2) is 18.5 Å². The Morgan fingerprint density at radius 2 is 1.92 bits per heavy atom. The third kappa shape index (κ3) is 2.88. The molecule has 0 unspecified atom stereocenters. The fraction of sp³-hybridized carbons (Fsp3) is 0. The van der Waals surface area contributed by atoms with Gasteiger partial charge in [0.15, 0.2) is 0 Å². The van der Waals surface area contributed by atoms with Crippen molar-refractivity contribution in [3.8, 4) is 22.4 Å². The minimum absolute atomic E-state index is 0.0492. The molecule has 4 rings (SSSR count). The van der Waals surface area contributed by atoms with E-state index in [1.54, 1.807) is 36.8 Å². The number of aromatic nitrogens is 4. The summed E-state index contributed by atoms with van der Waals surface area (Å²) >= 11 is 0. The number of nitrogens with zero attached hydrogens (tertiary/aromatic N) is 3. The van der Waals surface area contributed by atoms with Gasteiger partial charge in [0, 0.05) is 29.1 Å². The van der Waals surface area contributed by atoms with Crippen LogP contribution in [0.3, 0.4) is 0 Å². The van der Waals surface area contributed by atoms with E-state index in [0.29, 0.717) is 16.8 Å². The van der Waals surface area contributed by atoms with Crippen molar-refractivity contribution in [3.05, 3.63) is 61.1 Å². The number of nitrogens with one attached hydrogen (secondary N) is 1. The zero-order valence-corrected chi connectivity index (χ0v) is 13.7. The van der Waals surface area contributed by atoms with Gasteiger partial charge in [-0.2, -0.15) is 5.10 Å². The van der Waals surface area contributed by atoms with Gasteiger partial charge >= 0.3 is 0 Å². The van der Waals surface area contributed by atoms with Gasteiger partial charge in [0.2, 0.25) is 10.0 Å². The van der Waals surface area contributed by atoms with Crippen LogP contribution in [0.4, 0.5) is 0 Å². The van der Waals surface area contributed by atoms with Crippen molar-refractivity contribution < 1.29 is 8.42 Å². The van der Waals surface area contributed by atoms with E-state index < -0.39 is 10.0 Å². The summed E-state index contributed by atoms with van der Waals surface area (Å²) in [4.78, 5) is 9.07. The molecule has 4 aromatic rings. The first-order valence-corrected chi connectivity index (χ1v) is 8.95. The van der Waals surface area contributed by atoms with Gasteiger partial charge in [-0.1, -0.05) is 12.1 Å². The zero-order valence-electron chi connectivity index (χ0n) is 12.9. The van der Waals surface area contributed by atoms with Gasteiger partial charge < -0.3 is 0 Å². The molecule has 3 N–H and O–H groups in total. The average molecular weight is 351 g/mol. The van der Waals surface area contributed by atoms with Crippen molar-refractivity contribution in [2.45, 2.75) is 4.90 Å². The number of primary sulfonamides is 1. The first-order chi connectivity index (χ1) is 12.0. The SMILES string of the molecule is NS(=O)(=O)c1cccc(-c2ccc3nccc(-c4cn[nH]c4)c3n2)c1. The lowest BCUT2D eigenvalue weighted by atomic mass is 10.1. The summed E-state index contributed by atoms with van der Waals surface area (Å²) in [7, 11) is -3.77. The van der Waals surface area contributed by atoms with Gasteiger partial charge in [-0.15, -0.1) is 0 Å². The molecule has 1 aromatic carbocycles. The summed E-state index contributed by atoms with van der Waals surface area (Å²) in [5, 5.41) is 12.0. The Bertz CT molecular complexity index is 1170. The van der Waals surface area contributed by atoms with E-state index in [9.17, 15) is 8.42 Å². The first-order valence-electron chi connectivity index (χ1n) is 7.40. The van der Waals surface area contributed by atoms with Crippen LogP contribution in [-0.4, -0.2) is 28.6 Å².